The Morgan fingerprint density at radius 1 is 1.07 bits per heavy atom. The number of anilines is 2. The fraction of sp³-hybridized carbons (Fsp3) is 0.111. The van der Waals surface area contributed by atoms with E-state index in [1.807, 2.05) is 22.0 Å². The third-order valence-corrected chi connectivity index (χ3v) is 6.81. The first-order valence-corrected chi connectivity index (χ1v) is 10.8. The Balaban J connectivity index is 1.46. The van der Waals surface area contributed by atoms with E-state index in [1.165, 1.54) is 28.0 Å². The zero-order valence-electron chi connectivity index (χ0n) is 14.5. The summed E-state index contributed by atoms with van der Waals surface area (Å²) in [5, 5.41) is 21.9. The van der Waals surface area contributed by atoms with Crippen LogP contribution in [0.4, 0.5) is 11.1 Å². The van der Waals surface area contributed by atoms with Gasteiger partial charge in [0.2, 0.25) is 16.0 Å². The van der Waals surface area contributed by atoms with Gasteiger partial charge in [-0.3, -0.25) is 5.32 Å². The molecule has 0 aliphatic rings. The number of thiophene rings is 1. The predicted molar refractivity (Wildman–Crippen MR) is 112 cm³/mol. The number of aromatic nitrogens is 5. The summed E-state index contributed by atoms with van der Waals surface area (Å²) in [6.45, 7) is 4.22. The van der Waals surface area contributed by atoms with Crippen LogP contribution >= 0.6 is 34.0 Å². The zero-order valence-corrected chi connectivity index (χ0v) is 17.0. The van der Waals surface area contributed by atoms with Gasteiger partial charge in [-0.1, -0.05) is 41.2 Å². The number of fused-ring (bicyclic) bond motifs is 1. The van der Waals surface area contributed by atoms with Crippen LogP contribution in [0.25, 0.3) is 26.1 Å². The average molecular weight is 411 g/mol. The van der Waals surface area contributed by atoms with Gasteiger partial charge in [-0.2, -0.15) is 4.98 Å². The maximum atomic E-state index is 4.63. The van der Waals surface area contributed by atoms with Crippen LogP contribution in [0, 0.1) is 13.8 Å². The van der Waals surface area contributed by atoms with Crippen LogP contribution in [0.5, 0.6) is 0 Å². The summed E-state index contributed by atoms with van der Waals surface area (Å²) in [7, 11) is 0. The largest absolute Gasteiger partial charge is 0.297 e. The minimum Gasteiger partial charge on any atom is -0.297 e. The third-order valence-electron chi connectivity index (χ3n) is 4.12. The van der Waals surface area contributed by atoms with Crippen LogP contribution in [0.15, 0.2) is 41.1 Å². The van der Waals surface area contributed by atoms with Crippen molar-refractivity contribution in [2.24, 2.45) is 0 Å². The second-order valence-electron chi connectivity index (χ2n) is 6.08. The Hall–Kier alpha value is -2.62. The number of thiazole rings is 1. The second kappa shape index (κ2) is 6.52. The van der Waals surface area contributed by atoms with Crippen molar-refractivity contribution in [1.29, 1.82) is 0 Å². The number of rotatable bonds is 4. The number of hydrogen-bond donors (Lipinski definition) is 1. The molecule has 0 amide bonds. The molecule has 1 aromatic carbocycles. The normalized spacial score (nSPS) is 11.3. The van der Waals surface area contributed by atoms with Gasteiger partial charge in [0.15, 0.2) is 5.01 Å². The van der Waals surface area contributed by atoms with Crippen molar-refractivity contribution in [3.8, 4) is 21.1 Å². The molecule has 0 unspecified atom stereocenters. The van der Waals surface area contributed by atoms with Crippen molar-refractivity contribution < 1.29 is 0 Å². The van der Waals surface area contributed by atoms with Crippen molar-refractivity contribution in [1.82, 2.24) is 24.8 Å². The molecule has 9 heteroatoms. The summed E-state index contributed by atoms with van der Waals surface area (Å²) in [5.74, 6) is 0.529. The molecule has 134 valence electrons. The molecule has 1 N–H and O–H groups in total. The van der Waals surface area contributed by atoms with Crippen molar-refractivity contribution in [2.45, 2.75) is 13.8 Å². The maximum absolute atomic E-state index is 4.63. The average Bonchev–Trinajstić information content (AvgIpc) is 3.39. The van der Waals surface area contributed by atoms with Gasteiger partial charge in [0.25, 0.3) is 0 Å². The van der Waals surface area contributed by atoms with Gasteiger partial charge in [-0.15, -0.1) is 38.0 Å². The number of nitrogens with zero attached hydrogens (tertiary/aromatic N) is 5. The number of nitrogens with one attached hydrogen (secondary N) is 1. The van der Waals surface area contributed by atoms with Crippen molar-refractivity contribution in [3.05, 3.63) is 52.2 Å². The molecule has 5 aromatic rings. The second-order valence-corrected chi connectivity index (χ2v) is 8.85. The molecular weight excluding hydrogens is 396 g/mol. The lowest BCUT2D eigenvalue weighted by atomic mass is 10.0. The third kappa shape index (κ3) is 3.03. The van der Waals surface area contributed by atoms with Gasteiger partial charge in [0.05, 0.1) is 10.6 Å². The molecule has 0 aliphatic heterocycles. The highest BCUT2D eigenvalue weighted by atomic mass is 32.1. The Morgan fingerprint density at radius 2 is 2.00 bits per heavy atom. The van der Waals surface area contributed by atoms with Crippen LogP contribution in [-0.4, -0.2) is 24.8 Å². The summed E-state index contributed by atoms with van der Waals surface area (Å²) in [5.41, 5.74) is 4.69. The Labute approximate surface area is 167 Å². The standard InChI is InChI=1S/C18H14N6S3/c1-10-5-6-12(11(2)8-10)13-9-26-18-20-16(23-24(13)18)19-17-22-21-15(27-17)14-4-3-7-25-14/h3-9H,1-2H3,(H,19,22,23). The number of aryl methyl sites for hydroxylation is 2. The first-order valence-electron chi connectivity index (χ1n) is 8.24. The smallest absolute Gasteiger partial charge is 0.250 e. The lowest BCUT2D eigenvalue weighted by molar-refractivity contribution is 0.984. The highest BCUT2D eigenvalue weighted by molar-refractivity contribution is 7.23. The summed E-state index contributed by atoms with van der Waals surface area (Å²) < 4.78 is 1.88. The van der Waals surface area contributed by atoms with Gasteiger partial charge < -0.3 is 0 Å². The lowest BCUT2D eigenvalue weighted by Crippen LogP contribution is -1.95. The van der Waals surface area contributed by atoms with Crippen LogP contribution in [0.2, 0.25) is 0 Å². The van der Waals surface area contributed by atoms with Gasteiger partial charge >= 0.3 is 0 Å². The molecule has 0 atom stereocenters. The molecule has 27 heavy (non-hydrogen) atoms. The Morgan fingerprint density at radius 3 is 2.81 bits per heavy atom. The van der Waals surface area contributed by atoms with Gasteiger partial charge in [-0.05, 0) is 30.9 Å². The van der Waals surface area contributed by atoms with E-state index in [2.05, 4.69) is 63.0 Å². The molecule has 4 aromatic heterocycles. The molecule has 0 radical (unpaired) electrons. The van der Waals surface area contributed by atoms with E-state index in [-0.39, 0.29) is 0 Å². The molecule has 4 heterocycles. The Kier molecular flexibility index (Phi) is 4.00. The minimum atomic E-state index is 0.529. The first kappa shape index (κ1) is 16.5. The van der Waals surface area contributed by atoms with Gasteiger partial charge in [-0.25, -0.2) is 4.52 Å². The van der Waals surface area contributed by atoms with Gasteiger partial charge in [0, 0.05) is 10.9 Å². The van der Waals surface area contributed by atoms with E-state index in [0.29, 0.717) is 11.1 Å². The topological polar surface area (TPSA) is 68.0 Å². The summed E-state index contributed by atoms with van der Waals surface area (Å²) in [6.07, 6.45) is 0. The molecule has 6 nitrogen and oxygen atoms in total. The Bertz CT molecular complexity index is 1230. The fourth-order valence-electron chi connectivity index (χ4n) is 2.89. The molecule has 0 fully saturated rings. The highest BCUT2D eigenvalue weighted by Gasteiger charge is 2.15. The fourth-order valence-corrected chi connectivity index (χ4v) is 5.24. The van der Waals surface area contributed by atoms with E-state index < -0.39 is 0 Å². The monoisotopic (exact) mass is 410 g/mol. The molecular formula is C18H14N6S3. The van der Waals surface area contributed by atoms with Crippen LogP contribution in [0.1, 0.15) is 11.1 Å². The van der Waals surface area contributed by atoms with Crippen LogP contribution in [-0.2, 0) is 0 Å². The van der Waals surface area contributed by atoms with Crippen molar-refractivity contribution in [3.63, 3.8) is 0 Å². The number of benzene rings is 1. The number of hydrogen-bond acceptors (Lipinski definition) is 8. The lowest BCUT2D eigenvalue weighted by Gasteiger charge is -2.05. The van der Waals surface area contributed by atoms with E-state index in [0.717, 1.165) is 20.5 Å². The molecule has 0 saturated heterocycles. The van der Waals surface area contributed by atoms with E-state index in [9.17, 15) is 0 Å². The van der Waals surface area contributed by atoms with Crippen molar-refractivity contribution in [2.75, 3.05) is 5.32 Å². The zero-order chi connectivity index (χ0) is 18.4. The summed E-state index contributed by atoms with van der Waals surface area (Å²) in [4.78, 5) is 6.53. The molecule has 0 saturated carbocycles. The molecule has 0 aliphatic carbocycles. The molecule has 5 rings (SSSR count). The molecule has 0 spiro atoms. The quantitative estimate of drug-likeness (QED) is 0.430. The SMILES string of the molecule is Cc1ccc(-c2csc3nc(Nc4nnc(-c5cccs5)s4)nn23)c(C)c1. The molecule has 0 bridgehead atoms. The van der Waals surface area contributed by atoms with Crippen LogP contribution < -0.4 is 5.32 Å². The maximum Gasteiger partial charge on any atom is 0.250 e. The van der Waals surface area contributed by atoms with Gasteiger partial charge in [0.1, 0.15) is 0 Å². The van der Waals surface area contributed by atoms with Crippen molar-refractivity contribution >= 4 is 50.1 Å². The minimum absolute atomic E-state index is 0.529. The predicted octanol–water partition coefficient (Wildman–Crippen LogP) is 5.40. The summed E-state index contributed by atoms with van der Waals surface area (Å²) in [6, 6.07) is 10.5. The van der Waals surface area contributed by atoms with E-state index in [4.69, 9.17) is 0 Å². The van der Waals surface area contributed by atoms with E-state index >= 15 is 0 Å². The summed E-state index contributed by atoms with van der Waals surface area (Å²) >= 11 is 4.72. The highest BCUT2D eigenvalue weighted by Crippen LogP contribution is 2.32. The van der Waals surface area contributed by atoms with Crippen LogP contribution in [0.3, 0.4) is 0 Å². The van der Waals surface area contributed by atoms with E-state index in [1.54, 1.807) is 22.7 Å². The first-order chi connectivity index (χ1) is 13.2.